The third-order valence-corrected chi connectivity index (χ3v) is 2.62. The Morgan fingerprint density at radius 2 is 2.43 bits per heavy atom. The van der Waals surface area contributed by atoms with E-state index in [4.69, 9.17) is 4.52 Å². The van der Waals surface area contributed by atoms with Crippen molar-refractivity contribution in [2.45, 2.75) is 20.0 Å². The number of nitrogens with zero attached hydrogens (tertiary/aromatic N) is 1. The Morgan fingerprint density at radius 3 is 3.07 bits per heavy atom. The van der Waals surface area contributed by atoms with E-state index in [2.05, 4.69) is 27.3 Å². The van der Waals surface area contributed by atoms with Gasteiger partial charge in [0, 0.05) is 12.6 Å². The molecular formula is C10H12N2OS. The highest BCUT2D eigenvalue weighted by molar-refractivity contribution is 7.07. The van der Waals surface area contributed by atoms with Crippen LogP contribution in [0.1, 0.15) is 17.0 Å². The Labute approximate surface area is 86.7 Å². The second kappa shape index (κ2) is 4.39. The van der Waals surface area contributed by atoms with Gasteiger partial charge in [0.05, 0.1) is 12.2 Å². The average molecular weight is 208 g/mol. The molecular weight excluding hydrogens is 196 g/mol. The Kier molecular flexibility index (Phi) is 2.96. The van der Waals surface area contributed by atoms with Gasteiger partial charge in [0.15, 0.2) is 5.76 Å². The van der Waals surface area contributed by atoms with Gasteiger partial charge in [-0.25, -0.2) is 0 Å². The van der Waals surface area contributed by atoms with E-state index in [1.54, 1.807) is 11.3 Å². The first-order valence-corrected chi connectivity index (χ1v) is 5.43. The lowest BCUT2D eigenvalue weighted by Crippen LogP contribution is -2.11. The van der Waals surface area contributed by atoms with Crippen LogP contribution in [0.2, 0.25) is 0 Å². The van der Waals surface area contributed by atoms with Gasteiger partial charge in [0.2, 0.25) is 0 Å². The van der Waals surface area contributed by atoms with Crippen molar-refractivity contribution in [2.75, 3.05) is 0 Å². The molecule has 0 amide bonds. The van der Waals surface area contributed by atoms with Crippen molar-refractivity contribution in [3.63, 3.8) is 0 Å². The maximum Gasteiger partial charge on any atom is 0.150 e. The lowest BCUT2D eigenvalue weighted by atomic mass is 10.3. The highest BCUT2D eigenvalue weighted by Crippen LogP contribution is 2.06. The predicted octanol–water partition coefficient (Wildman–Crippen LogP) is 2.33. The zero-order valence-corrected chi connectivity index (χ0v) is 8.80. The SMILES string of the molecule is Cc1cc(CNCc2ccsc2)on1. The maximum absolute atomic E-state index is 5.07. The molecule has 1 N–H and O–H groups in total. The van der Waals surface area contributed by atoms with Crippen molar-refractivity contribution in [1.29, 1.82) is 0 Å². The predicted molar refractivity (Wildman–Crippen MR) is 56.1 cm³/mol. The summed E-state index contributed by atoms with van der Waals surface area (Å²) in [6, 6.07) is 4.06. The Balaban J connectivity index is 1.78. The fourth-order valence-electron chi connectivity index (χ4n) is 1.22. The third kappa shape index (κ3) is 2.43. The van der Waals surface area contributed by atoms with Crippen molar-refractivity contribution in [2.24, 2.45) is 0 Å². The molecule has 0 aliphatic rings. The standard InChI is InChI=1S/C10H12N2OS/c1-8-4-10(13-12-8)6-11-5-9-2-3-14-7-9/h2-4,7,11H,5-6H2,1H3. The number of aromatic nitrogens is 1. The summed E-state index contributed by atoms with van der Waals surface area (Å²) >= 11 is 1.71. The molecule has 0 fully saturated rings. The topological polar surface area (TPSA) is 38.1 Å². The van der Waals surface area contributed by atoms with Crippen LogP contribution in [0.3, 0.4) is 0 Å². The van der Waals surface area contributed by atoms with Crippen molar-refractivity contribution in [3.05, 3.63) is 39.9 Å². The first-order chi connectivity index (χ1) is 6.84. The number of nitrogens with one attached hydrogen (secondary N) is 1. The van der Waals surface area contributed by atoms with Crippen LogP contribution >= 0.6 is 11.3 Å². The third-order valence-electron chi connectivity index (χ3n) is 1.89. The molecule has 14 heavy (non-hydrogen) atoms. The molecule has 0 aliphatic carbocycles. The van der Waals surface area contributed by atoms with Crippen LogP contribution in [-0.4, -0.2) is 5.16 Å². The van der Waals surface area contributed by atoms with Gasteiger partial charge in [-0.15, -0.1) is 0 Å². The summed E-state index contributed by atoms with van der Waals surface area (Å²) < 4.78 is 5.07. The van der Waals surface area contributed by atoms with E-state index in [1.807, 2.05) is 13.0 Å². The first-order valence-electron chi connectivity index (χ1n) is 4.48. The first kappa shape index (κ1) is 9.43. The summed E-state index contributed by atoms with van der Waals surface area (Å²) in [6.07, 6.45) is 0. The monoisotopic (exact) mass is 208 g/mol. The minimum absolute atomic E-state index is 0.733. The van der Waals surface area contributed by atoms with Crippen LogP contribution in [0.25, 0.3) is 0 Å². The van der Waals surface area contributed by atoms with Crippen LogP contribution < -0.4 is 5.32 Å². The molecule has 0 bridgehead atoms. The van der Waals surface area contributed by atoms with Gasteiger partial charge in [-0.1, -0.05) is 5.16 Å². The normalized spacial score (nSPS) is 10.6. The van der Waals surface area contributed by atoms with Crippen LogP contribution in [0, 0.1) is 6.92 Å². The number of aryl methyl sites for hydroxylation is 1. The second-order valence-corrected chi connectivity index (χ2v) is 3.95. The van der Waals surface area contributed by atoms with Gasteiger partial charge in [0.1, 0.15) is 0 Å². The molecule has 0 spiro atoms. The molecule has 4 heteroatoms. The molecule has 0 saturated heterocycles. The number of thiophene rings is 1. The highest BCUT2D eigenvalue weighted by Gasteiger charge is 1.99. The zero-order chi connectivity index (χ0) is 9.80. The molecule has 2 aromatic heterocycles. The molecule has 0 unspecified atom stereocenters. The molecule has 0 aromatic carbocycles. The molecule has 74 valence electrons. The molecule has 0 aliphatic heterocycles. The van der Waals surface area contributed by atoms with Crippen LogP contribution in [0.15, 0.2) is 27.4 Å². The smallest absolute Gasteiger partial charge is 0.150 e. The Morgan fingerprint density at radius 1 is 1.50 bits per heavy atom. The van der Waals surface area contributed by atoms with Gasteiger partial charge < -0.3 is 9.84 Å². The van der Waals surface area contributed by atoms with E-state index in [0.29, 0.717) is 0 Å². The maximum atomic E-state index is 5.07. The molecule has 2 heterocycles. The van der Waals surface area contributed by atoms with Gasteiger partial charge in [-0.2, -0.15) is 11.3 Å². The van der Waals surface area contributed by atoms with E-state index < -0.39 is 0 Å². The summed E-state index contributed by atoms with van der Waals surface area (Å²) in [5.74, 6) is 0.887. The average Bonchev–Trinajstić information content (AvgIpc) is 2.77. The molecule has 0 saturated carbocycles. The van der Waals surface area contributed by atoms with Gasteiger partial charge in [0.25, 0.3) is 0 Å². The lowest BCUT2D eigenvalue weighted by molar-refractivity contribution is 0.369. The van der Waals surface area contributed by atoms with E-state index in [1.165, 1.54) is 5.56 Å². The van der Waals surface area contributed by atoms with Crippen molar-refractivity contribution in [1.82, 2.24) is 10.5 Å². The van der Waals surface area contributed by atoms with E-state index >= 15 is 0 Å². The van der Waals surface area contributed by atoms with Crippen LogP contribution in [0.4, 0.5) is 0 Å². The largest absolute Gasteiger partial charge is 0.360 e. The Bertz CT molecular complexity index is 380. The molecule has 0 radical (unpaired) electrons. The second-order valence-electron chi connectivity index (χ2n) is 3.17. The lowest BCUT2D eigenvalue weighted by Gasteiger charge is -1.98. The molecule has 2 rings (SSSR count). The summed E-state index contributed by atoms with van der Waals surface area (Å²) in [4.78, 5) is 0. The van der Waals surface area contributed by atoms with E-state index in [0.717, 1.165) is 24.5 Å². The van der Waals surface area contributed by atoms with Crippen molar-refractivity contribution >= 4 is 11.3 Å². The van der Waals surface area contributed by atoms with Gasteiger partial charge >= 0.3 is 0 Å². The molecule has 3 nitrogen and oxygen atoms in total. The summed E-state index contributed by atoms with van der Waals surface area (Å²) in [7, 11) is 0. The van der Waals surface area contributed by atoms with Crippen LogP contribution in [-0.2, 0) is 13.1 Å². The fourth-order valence-corrected chi connectivity index (χ4v) is 1.89. The highest BCUT2D eigenvalue weighted by atomic mass is 32.1. The minimum atomic E-state index is 0.733. The van der Waals surface area contributed by atoms with Gasteiger partial charge in [-0.05, 0) is 29.3 Å². The van der Waals surface area contributed by atoms with E-state index in [9.17, 15) is 0 Å². The van der Waals surface area contributed by atoms with E-state index in [-0.39, 0.29) is 0 Å². The minimum Gasteiger partial charge on any atom is -0.360 e. The number of hydrogen-bond donors (Lipinski definition) is 1. The summed E-state index contributed by atoms with van der Waals surface area (Å²) in [5, 5.41) is 11.3. The summed E-state index contributed by atoms with van der Waals surface area (Å²) in [5.41, 5.74) is 2.24. The molecule has 2 aromatic rings. The van der Waals surface area contributed by atoms with Crippen LogP contribution in [0.5, 0.6) is 0 Å². The van der Waals surface area contributed by atoms with Gasteiger partial charge in [-0.3, -0.25) is 0 Å². The Hall–Kier alpha value is -1.13. The quantitative estimate of drug-likeness (QED) is 0.838. The van der Waals surface area contributed by atoms with Crippen molar-refractivity contribution < 1.29 is 4.52 Å². The zero-order valence-electron chi connectivity index (χ0n) is 7.99. The summed E-state index contributed by atoms with van der Waals surface area (Å²) in [6.45, 7) is 3.53. The van der Waals surface area contributed by atoms with Crippen molar-refractivity contribution in [3.8, 4) is 0 Å². The molecule has 0 atom stereocenters. The number of hydrogen-bond acceptors (Lipinski definition) is 4. The number of rotatable bonds is 4. The fraction of sp³-hybridized carbons (Fsp3) is 0.300.